The normalized spacial score (nSPS) is 11.3. The number of pyridine rings is 1. The molecule has 1 aromatic carbocycles. The minimum atomic E-state index is 0.0888. The Hall–Kier alpha value is -1.83. The number of rotatable bonds is 3. The van der Waals surface area contributed by atoms with Crippen molar-refractivity contribution in [3.8, 4) is 5.75 Å². The van der Waals surface area contributed by atoms with Crippen LogP contribution < -0.4 is 4.74 Å². The van der Waals surface area contributed by atoms with Crippen LogP contribution in [0.2, 0.25) is 0 Å². The SMILES string of the molecule is CC(C)(C)c1ccccc1OCc1cccnc1. The van der Waals surface area contributed by atoms with Crippen LogP contribution in [0, 0.1) is 0 Å². The van der Waals surface area contributed by atoms with Crippen LogP contribution in [-0.2, 0) is 12.0 Å². The number of hydrogen-bond donors (Lipinski definition) is 0. The highest BCUT2D eigenvalue weighted by molar-refractivity contribution is 5.38. The average molecular weight is 241 g/mol. The van der Waals surface area contributed by atoms with Gasteiger partial charge in [0.05, 0.1) is 0 Å². The fourth-order valence-electron chi connectivity index (χ4n) is 1.86. The Bertz CT molecular complexity index is 500. The van der Waals surface area contributed by atoms with E-state index in [4.69, 9.17) is 4.74 Å². The molecule has 0 fully saturated rings. The van der Waals surface area contributed by atoms with Crippen LogP contribution in [0.3, 0.4) is 0 Å². The van der Waals surface area contributed by atoms with E-state index in [9.17, 15) is 0 Å². The highest BCUT2D eigenvalue weighted by Gasteiger charge is 2.18. The van der Waals surface area contributed by atoms with Crippen molar-refractivity contribution in [2.75, 3.05) is 0 Å². The third-order valence-electron chi connectivity index (χ3n) is 2.81. The first-order valence-electron chi connectivity index (χ1n) is 6.18. The molecule has 94 valence electrons. The van der Waals surface area contributed by atoms with Crippen molar-refractivity contribution in [3.05, 3.63) is 59.9 Å². The van der Waals surface area contributed by atoms with Gasteiger partial charge in [0.1, 0.15) is 12.4 Å². The van der Waals surface area contributed by atoms with E-state index in [0.29, 0.717) is 6.61 Å². The Morgan fingerprint density at radius 3 is 2.50 bits per heavy atom. The fourth-order valence-corrected chi connectivity index (χ4v) is 1.86. The molecule has 18 heavy (non-hydrogen) atoms. The summed E-state index contributed by atoms with van der Waals surface area (Å²) in [7, 11) is 0. The van der Waals surface area contributed by atoms with Gasteiger partial charge in [-0.2, -0.15) is 0 Å². The van der Waals surface area contributed by atoms with E-state index in [1.54, 1.807) is 6.20 Å². The fraction of sp³-hybridized carbons (Fsp3) is 0.312. The molecule has 0 N–H and O–H groups in total. The standard InChI is InChI=1S/C16H19NO/c1-16(2,3)14-8-4-5-9-15(14)18-12-13-7-6-10-17-11-13/h4-11H,12H2,1-3H3. The third kappa shape index (κ3) is 3.10. The lowest BCUT2D eigenvalue weighted by molar-refractivity contribution is 0.297. The van der Waals surface area contributed by atoms with Crippen LogP contribution in [-0.4, -0.2) is 4.98 Å². The van der Waals surface area contributed by atoms with Crippen molar-refractivity contribution in [2.24, 2.45) is 0 Å². The first-order chi connectivity index (χ1) is 8.57. The Morgan fingerprint density at radius 2 is 1.83 bits per heavy atom. The molecule has 0 amide bonds. The van der Waals surface area contributed by atoms with E-state index < -0.39 is 0 Å². The zero-order chi connectivity index (χ0) is 13.0. The molecular formula is C16H19NO. The molecule has 0 saturated heterocycles. The predicted molar refractivity (Wildman–Crippen MR) is 73.7 cm³/mol. The van der Waals surface area contributed by atoms with Crippen LogP contribution in [0.1, 0.15) is 31.9 Å². The molecule has 0 aliphatic carbocycles. The van der Waals surface area contributed by atoms with E-state index in [1.807, 2.05) is 30.5 Å². The monoisotopic (exact) mass is 241 g/mol. The van der Waals surface area contributed by atoms with Gasteiger partial charge in [-0.1, -0.05) is 45.0 Å². The molecule has 0 aliphatic heterocycles. The van der Waals surface area contributed by atoms with Crippen molar-refractivity contribution in [1.82, 2.24) is 4.98 Å². The summed E-state index contributed by atoms with van der Waals surface area (Å²) in [5.41, 5.74) is 2.40. The summed E-state index contributed by atoms with van der Waals surface area (Å²) >= 11 is 0. The van der Waals surface area contributed by atoms with Gasteiger partial charge < -0.3 is 4.74 Å². The molecule has 0 unspecified atom stereocenters. The highest BCUT2D eigenvalue weighted by Crippen LogP contribution is 2.31. The summed E-state index contributed by atoms with van der Waals surface area (Å²) in [5.74, 6) is 0.953. The largest absolute Gasteiger partial charge is 0.489 e. The van der Waals surface area contributed by atoms with E-state index in [0.717, 1.165) is 11.3 Å². The average Bonchev–Trinajstić information content (AvgIpc) is 2.37. The van der Waals surface area contributed by atoms with Crippen molar-refractivity contribution in [1.29, 1.82) is 0 Å². The molecule has 0 atom stereocenters. The summed E-state index contributed by atoms with van der Waals surface area (Å²) in [6.07, 6.45) is 3.60. The minimum Gasteiger partial charge on any atom is -0.489 e. The first-order valence-corrected chi connectivity index (χ1v) is 6.18. The van der Waals surface area contributed by atoms with Gasteiger partial charge in [-0.15, -0.1) is 0 Å². The Kier molecular flexibility index (Phi) is 3.66. The highest BCUT2D eigenvalue weighted by atomic mass is 16.5. The maximum Gasteiger partial charge on any atom is 0.123 e. The number of benzene rings is 1. The van der Waals surface area contributed by atoms with E-state index in [-0.39, 0.29) is 5.41 Å². The number of hydrogen-bond acceptors (Lipinski definition) is 2. The summed E-state index contributed by atoms with van der Waals surface area (Å²) in [4.78, 5) is 4.09. The molecule has 0 bridgehead atoms. The molecule has 0 saturated carbocycles. The van der Waals surface area contributed by atoms with Crippen LogP contribution in [0.15, 0.2) is 48.8 Å². The lowest BCUT2D eigenvalue weighted by Gasteiger charge is -2.22. The van der Waals surface area contributed by atoms with Gasteiger partial charge in [0.15, 0.2) is 0 Å². The Labute approximate surface area is 109 Å². The zero-order valence-corrected chi connectivity index (χ0v) is 11.2. The Morgan fingerprint density at radius 1 is 1.06 bits per heavy atom. The second-order valence-electron chi connectivity index (χ2n) is 5.40. The van der Waals surface area contributed by atoms with Gasteiger partial charge in [0.2, 0.25) is 0 Å². The quantitative estimate of drug-likeness (QED) is 0.811. The smallest absolute Gasteiger partial charge is 0.123 e. The zero-order valence-electron chi connectivity index (χ0n) is 11.2. The van der Waals surface area contributed by atoms with E-state index in [2.05, 4.69) is 37.9 Å². The van der Waals surface area contributed by atoms with Crippen molar-refractivity contribution in [3.63, 3.8) is 0 Å². The summed E-state index contributed by atoms with van der Waals surface area (Å²) in [5, 5.41) is 0. The lowest BCUT2D eigenvalue weighted by Crippen LogP contribution is -2.13. The van der Waals surface area contributed by atoms with Crippen molar-refractivity contribution >= 4 is 0 Å². The topological polar surface area (TPSA) is 22.1 Å². The summed E-state index contributed by atoms with van der Waals surface area (Å²) in [6.45, 7) is 7.14. The number of aromatic nitrogens is 1. The van der Waals surface area contributed by atoms with E-state index in [1.165, 1.54) is 5.56 Å². The Balaban J connectivity index is 2.15. The van der Waals surface area contributed by atoms with Gasteiger partial charge in [0, 0.05) is 18.0 Å². The van der Waals surface area contributed by atoms with Gasteiger partial charge in [0.25, 0.3) is 0 Å². The number of ether oxygens (including phenoxy) is 1. The summed E-state index contributed by atoms with van der Waals surface area (Å²) < 4.78 is 5.91. The van der Waals surface area contributed by atoms with Gasteiger partial charge >= 0.3 is 0 Å². The van der Waals surface area contributed by atoms with Gasteiger partial charge in [-0.3, -0.25) is 4.98 Å². The third-order valence-corrected chi connectivity index (χ3v) is 2.81. The van der Waals surface area contributed by atoms with E-state index >= 15 is 0 Å². The van der Waals surface area contributed by atoms with Crippen molar-refractivity contribution in [2.45, 2.75) is 32.8 Å². The van der Waals surface area contributed by atoms with Gasteiger partial charge in [-0.25, -0.2) is 0 Å². The molecule has 2 heteroatoms. The predicted octanol–water partition coefficient (Wildman–Crippen LogP) is 3.96. The molecule has 2 nitrogen and oxygen atoms in total. The second-order valence-corrected chi connectivity index (χ2v) is 5.40. The molecule has 0 radical (unpaired) electrons. The lowest BCUT2D eigenvalue weighted by atomic mass is 9.86. The first kappa shape index (κ1) is 12.6. The summed E-state index contributed by atoms with van der Waals surface area (Å²) in [6, 6.07) is 12.2. The van der Waals surface area contributed by atoms with Crippen molar-refractivity contribution < 1.29 is 4.74 Å². The number of para-hydroxylation sites is 1. The van der Waals surface area contributed by atoms with Crippen LogP contribution in [0.25, 0.3) is 0 Å². The minimum absolute atomic E-state index is 0.0888. The molecular weight excluding hydrogens is 222 g/mol. The van der Waals surface area contributed by atoms with Crippen LogP contribution in [0.4, 0.5) is 0 Å². The number of nitrogens with zero attached hydrogens (tertiary/aromatic N) is 1. The molecule has 2 aromatic rings. The molecule has 2 rings (SSSR count). The molecule has 0 spiro atoms. The van der Waals surface area contributed by atoms with Gasteiger partial charge in [-0.05, 0) is 23.1 Å². The maximum atomic E-state index is 5.91. The molecule has 1 heterocycles. The van der Waals surface area contributed by atoms with Crippen LogP contribution in [0.5, 0.6) is 5.75 Å². The van der Waals surface area contributed by atoms with Crippen LogP contribution >= 0.6 is 0 Å². The second kappa shape index (κ2) is 5.21. The molecule has 1 aromatic heterocycles. The maximum absolute atomic E-state index is 5.91. The molecule has 0 aliphatic rings.